The van der Waals surface area contributed by atoms with Crippen LogP contribution in [0.5, 0.6) is 0 Å². The van der Waals surface area contributed by atoms with Crippen molar-refractivity contribution in [3.8, 4) is 0 Å². The predicted molar refractivity (Wildman–Crippen MR) is 71.6 cm³/mol. The Morgan fingerprint density at radius 3 is 2.75 bits per heavy atom. The highest BCUT2D eigenvalue weighted by Crippen LogP contribution is 2.26. The van der Waals surface area contributed by atoms with E-state index in [1.807, 2.05) is 0 Å². The van der Waals surface area contributed by atoms with Gasteiger partial charge < -0.3 is 5.11 Å². The summed E-state index contributed by atoms with van der Waals surface area (Å²) in [7, 11) is -2.03. The molecule has 1 aromatic rings. The lowest BCUT2D eigenvalue weighted by Crippen LogP contribution is -2.31. The van der Waals surface area contributed by atoms with Crippen molar-refractivity contribution in [3.63, 3.8) is 0 Å². The second kappa shape index (κ2) is 5.92. The van der Waals surface area contributed by atoms with Gasteiger partial charge in [0.2, 0.25) is 10.0 Å². The van der Waals surface area contributed by atoms with Crippen LogP contribution in [0.3, 0.4) is 0 Å². The Hall–Kier alpha value is -1.41. The van der Waals surface area contributed by atoms with Crippen LogP contribution in [0.4, 0.5) is 0 Å². The van der Waals surface area contributed by atoms with Crippen LogP contribution in [0.1, 0.15) is 25.7 Å². The van der Waals surface area contributed by atoms with Gasteiger partial charge in [-0.05, 0) is 18.8 Å². The molecule has 1 fully saturated rings. The maximum atomic E-state index is 12.3. The SMILES string of the molecule is CN(CC1CCCC1)S(=O)(=O)c1cnn(CC(=O)O)c1. The van der Waals surface area contributed by atoms with E-state index in [0.717, 1.165) is 30.4 Å². The number of carbonyl (C=O) groups is 1. The van der Waals surface area contributed by atoms with Crippen molar-refractivity contribution >= 4 is 16.0 Å². The molecule has 20 heavy (non-hydrogen) atoms. The van der Waals surface area contributed by atoms with Gasteiger partial charge in [0.15, 0.2) is 0 Å². The number of aliphatic carboxylic acids is 1. The summed E-state index contributed by atoms with van der Waals surface area (Å²) in [5.41, 5.74) is 0. The lowest BCUT2D eigenvalue weighted by Gasteiger charge is -2.19. The number of aromatic nitrogens is 2. The van der Waals surface area contributed by atoms with Gasteiger partial charge in [-0.1, -0.05) is 12.8 Å². The minimum atomic E-state index is -3.58. The van der Waals surface area contributed by atoms with Crippen LogP contribution in [0.15, 0.2) is 17.3 Å². The van der Waals surface area contributed by atoms with Crippen LogP contribution in [0.25, 0.3) is 0 Å². The van der Waals surface area contributed by atoms with E-state index in [9.17, 15) is 13.2 Å². The van der Waals surface area contributed by atoms with Crippen molar-refractivity contribution in [1.82, 2.24) is 14.1 Å². The van der Waals surface area contributed by atoms with Crippen LogP contribution >= 0.6 is 0 Å². The number of hydrogen-bond acceptors (Lipinski definition) is 4. The number of hydrogen-bond donors (Lipinski definition) is 1. The number of rotatable bonds is 6. The first-order chi connectivity index (χ1) is 9.39. The van der Waals surface area contributed by atoms with Gasteiger partial charge in [0.05, 0.1) is 6.20 Å². The molecule has 0 amide bonds. The van der Waals surface area contributed by atoms with Crippen molar-refractivity contribution in [2.24, 2.45) is 5.92 Å². The summed E-state index contributed by atoms with van der Waals surface area (Å²) in [4.78, 5) is 10.6. The molecule has 1 aliphatic carbocycles. The first kappa shape index (κ1) is 15.0. The lowest BCUT2D eigenvalue weighted by atomic mass is 10.1. The standard InChI is InChI=1S/C12H19N3O4S/c1-14(7-10-4-2-3-5-10)20(18,19)11-6-13-15(8-11)9-12(16)17/h6,8,10H,2-5,7,9H2,1H3,(H,16,17). The summed E-state index contributed by atoms with van der Waals surface area (Å²) < 4.78 is 27.1. The van der Waals surface area contributed by atoms with E-state index >= 15 is 0 Å². The Labute approximate surface area is 118 Å². The predicted octanol–water partition coefficient (Wildman–Crippen LogP) is 0.778. The topological polar surface area (TPSA) is 92.5 Å². The van der Waals surface area contributed by atoms with E-state index < -0.39 is 16.0 Å². The van der Waals surface area contributed by atoms with Crippen LogP contribution in [-0.2, 0) is 21.4 Å². The molecule has 0 bridgehead atoms. The van der Waals surface area contributed by atoms with E-state index in [0.29, 0.717) is 12.5 Å². The number of nitrogens with zero attached hydrogens (tertiary/aromatic N) is 3. The monoisotopic (exact) mass is 301 g/mol. The molecular formula is C12H19N3O4S. The zero-order chi connectivity index (χ0) is 14.8. The second-order valence-electron chi connectivity index (χ2n) is 5.20. The molecule has 8 heteroatoms. The molecule has 1 aliphatic rings. The molecule has 0 unspecified atom stereocenters. The molecule has 1 N–H and O–H groups in total. The number of carboxylic acids is 1. The van der Waals surface area contributed by atoms with Crippen LogP contribution in [0, 0.1) is 5.92 Å². The molecule has 1 heterocycles. The van der Waals surface area contributed by atoms with E-state index in [4.69, 9.17) is 5.11 Å². The second-order valence-corrected chi connectivity index (χ2v) is 7.25. The van der Waals surface area contributed by atoms with Crippen molar-refractivity contribution in [2.75, 3.05) is 13.6 Å². The Bertz CT molecular complexity index is 575. The summed E-state index contributed by atoms with van der Waals surface area (Å²) in [6.45, 7) is 0.161. The van der Waals surface area contributed by atoms with Gasteiger partial charge in [0.1, 0.15) is 11.4 Å². The average Bonchev–Trinajstić information content (AvgIpc) is 2.99. The van der Waals surface area contributed by atoms with Gasteiger partial charge in [-0.3, -0.25) is 9.48 Å². The fraction of sp³-hybridized carbons (Fsp3) is 0.667. The molecule has 1 saturated carbocycles. The minimum Gasteiger partial charge on any atom is -0.480 e. The Balaban J connectivity index is 2.08. The first-order valence-electron chi connectivity index (χ1n) is 6.60. The third-order valence-electron chi connectivity index (χ3n) is 3.61. The third kappa shape index (κ3) is 3.37. The quantitative estimate of drug-likeness (QED) is 0.838. The van der Waals surface area contributed by atoms with Crippen molar-refractivity contribution < 1.29 is 18.3 Å². The number of sulfonamides is 1. The van der Waals surface area contributed by atoms with Crippen LogP contribution in [0.2, 0.25) is 0 Å². The van der Waals surface area contributed by atoms with Gasteiger partial charge >= 0.3 is 5.97 Å². The maximum absolute atomic E-state index is 12.3. The van der Waals surface area contributed by atoms with E-state index in [2.05, 4.69) is 5.10 Å². The average molecular weight is 301 g/mol. The van der Waals surface area contributed by atoms with Gasteiger partial charge in [-0.25, -0.2) is 12.7 Å². The molecule has 0 aromatic carbocycles. The van der Waals surface area contributed by atoms with Gasteiger partial charge in [0.25, 0.3) is 0 Å². The molecule has 0 aliphatic heterocycles. The fourth-order valence-electron chi connectivity index (χ4n) is 2.54. The fourth-order valence-corrected chi connectivity index (χ4v) is 3.74. The molecule has 0 atom stereocenters. The molecule has 1 aromatic heterocycles. The highest BCUT2D eigenvalue weighted by Gasteiger charge is 2.26. The van der Waals surface area contributed by atoms with E-state index in [1.165, 1.54) is 16.7 Å². The van der Waals surface area contributed by atoms with Gasteiger partial charge in [-0.2, -0.15) is 5.10 Å². The molecule has 112 valence electrons. The molecule has 2 rings (SSSR count). The van der Waals surface area contributed by atoms with Crippen molar-refractivity contribution in [2.45, 2.75) is 37.1 Å². The molecular weight excluding hydrogens is 282 g/mol. The molecule has 7 nitrogen and oxygen atoms in total. The summed E-state index contributed by atoms with van der Waals surface area (Å²) in [5, 5.41) is 12.4. The Morgan fingerprint density at radius 2 is 2.15 bits per heavy atom. The summed E-state index contributed by atoms with van der Waals surface area (Å²) in [6, 6.07) is 0. The number of carboxylic acid groups (broad SMARTS) is 1. The molecule has 0 radical (unpaired) electrons. The summed E-state index contributed by atoms with van der Waals surface area (Å²) >= 11 is 0. The normalized spacial score (nSPS) is 16.9. The highest BCUT2D eigenvalue weighted by atomic mass is 32.2. The smallest absolute Gasteiger partial charge is 0.325 e. The van der Waals surface area contributed by atoms with Gasteiger partial charge in [0, 0.05) is 19.8 Å². The highest BCUT2D eigenvalue weighted by molar-refractivity contribution is 7.89. The van der Waals surface area contributed by atoms with Crippen LogP contribution in [-0.4, -0.2) is 47.2 Å². The molecule has 0 spiro atoms. The molecule has 0 saturated heterocycles. The van der Waals surface area contributed by atoms with Gasteiger partial charge in [-0.15, -0.1) is 0 Å². The maximum Gasteiger partial charge on any atom is 0.325 e. The Kier molecular flexibility index (Phi) is 4.44. The van der Waals surface area contributed by atoms with Crippen molar-refractivity contribution in [1.29, 1.82) is 0 Å². The Morgan fingerprint density at radius 1 is 1.50 bits per heavy atom. The zero-order valence-corrected chi connectivity index (χ0v) is 12.2. The van der Waals surface area contributed by atoms with Crippen molar-refractivity contribution in [3.05, 3.63) is 12.4 Å². The van der Waals surface area contributed by atoms with Crippen LogP contribution < -0.4 is 0 Å². The zero-order valence-electron chi connectivity index (χ0n) is 11.4. The third-order valence-corrected chi connectivity index (χ3v) is 5.38. The largest absolute Gasteiger partial charge is 0.480 e. The summed E-state index contributed by atoms with van der Waals surface area (Å²) in [5.74, 6) is -0.639. The van der Waals surface area contributed by atoms with E-state index in [-0.39, 0.29) is 11.4 Å². The lowest BCUT2D eigenvalue weighted by molar-refractivity contribution is -0.137. The van der Waals surface area contributed by atoms with E-state index in [1.54, 1.807) is 7.05 Å². The first-order valence-corrected chi connectivity index (χ1v) is 8.04. The minimum absolute atomic E-state index is 0.0410. The summed E-state index contributed by atoms with van der Waals surface area (Å²) in [6.07, 6.45) is 6.92.